The maximum Gasteiger partial charge on any atom is 0.389 e. The summed E-state index contributed by atoms with van der Waals surface area (Å²) in [5.41, 5.74) is 1.02. The Balaban J connectivity index is 2.28. The molecule has 0 heterocycles. The Labute approximate surface area is 117 Å². The number of hydrogen-bond acceptors (Lipinski definition) is 3. The molecule has 114 valence electrons. The van der Waals surface area contributed by atoms with Crippen LogP contribution in [0.1, 0.15) is 18.4 Å². The summed E-state index contributed by atoms with van der Waals surface area (Å²) in [4.78, 5) is 0. The first-order chi connectivity index (χ1) is 9.51. The van der Waals surface area contributed by atoms with Gasteiger partial charge in [-0.1, -0.05) is 12.1 Å². The fraction of sp³-hybridized carbons (Fsp3) is 0.571. The topological polar surface area (TPSA) is 30.5 Å². The van der Waals surface area contributed by atoms with E-state index >= 15 is 0 Å². The van der Waals surface area contributed by atoms with Crippen molar-refractivity contribution in [1.82, 2.24) is 5.32 Å². The first-order valence-electron chi connectivity index (χ1n) is 6.49. The number of rotatable bonds is 9. The van der Waals surface area contributed by atoms with Crippen molar-refractivity contribution in [3.05, 3.63) is 29.8 Å². The van der Waals surface area contributed by atoms with E-state index in [1.807, 2.05) is 18.2 Å². The molecule has 0 aliphatic rings. The van der Waals surface area contributed by atoms with Crippen LogP contribution in [0.4, 0.5) is 13.2 Å². The third-order valence-electron chi connectivity index (χ3n) is 2.58. The van der Waals surface area contributed by atoms with Gasteiger partial charge in [-0.3, -0.25) is 0 Å². The van der Waals surface area contributed by atoms with Gasteiger partial charge in [0, 0.05) is 26.6 Å². The number of alkyl halides is 3. The molecule has 0 aliphatic heterocycles. The molecule has 0 aromatic heterocycles. The van der Waals surface area contributed by atoms with Crippen LogP contribution in [0.5, 0.6) is 5.75 Å². The molecule has 20 heavy (non-hydrogen) atoms. The van der Waals surface area contributed by atoms with Crippen molar-refractivity contribution in [3.8, 4) is 5.75 Å². The molecule has 0 aliphatic carbocycles. The van der Waals surface area contributed by atoms with Crippen LogP contribution in [0.25, 0.3) is 0 Å². The van der Waals surface area contributed by atoms with E-state index in [1.165, 1.54) is 0 Å². The van der Waals surface area contributed by atoms with Crippen LogP contribution in [-0.2, 0) is 11.3 Å². The maximum absolute atomic E-state index is 12.0. The van der Waals surface area contributed by atoms with Gasteiger partial charge in [-0.2, -0.15) is 13.2 Å². The molecule has 1 N–H and O–H groups in total. The third-order valence-corrected chi connectivity index (χ3v) is 2.58. The van der Waals surface area contributed by atoms with Gasteiger partial charge in [0.1, 0.15) is 5.75 Å². The summed E-state index contributed by atoms with van der Waals surface area (Å²) in [7, 11) is 1.64. The smallest absolute Gasteiger partial charge is 0.389 e. The standard InChI is InChI=1S/C14H20F3NO2/c1-19-9-7-18-11-12-4-2-5-13(10-12)20-8-3-6-14(15,16)17/h2,4-5,10,18H,3,6-9,11H2,1H3. The molecule has 1 rings (SSSR count). The average molecular weight is 291 g/mol. The van der Waals surface area contributed by atoms with Crippen LogP contribution in [0, 0.1) is 0 Å². The number of nitrogens with one attached hydrogen (secondary N) is 1. The number of ether oxygens (including phenoxy) is 2. The lowest BCUT2D eigenvalue weighted by atomic mass is 10.2. The van der Waals surface area contributed by atoms with Crippen molar-refractivity contribution in [2.24, 2.45) is 0 Å². The Bertz CT molecular complexity index is 383. The second-order valence-corrected chi connectivity index (χ2v) is 4.38. The highest BCUT2D eigenvalue weighted by atomic mass is 19.4. The summed E-state index contributed by atoms with van der Waals surface area (Å²) < 4.78 is 46.2. The predicted molar refractivity (Wildman–Crippen MR) is 70.8 cm³/mol. The summed E-state index contributed by atoms with van der Waals surface area (Å²) in [6.45, 7) is 2.12. The van der Waals surface area contributed by atoms with Gasteiger partial charge >= 0.3 is 6.18 Å². The molecule has 1 aromatic rings. The summed E-state index contributed by atoms with van der Waals surface area (Å²) in [5.74, 6) is 0.596. The van der Waals surface area contributed by atoms with Gasteiger partial charge in [0.2, 0.25) is 0 Å². The minimum Gasteiger partial charge on any atom is -0.494 e. The van der Waals surface area contributed by atoms with E-state index in [9.17, 15) is 13.2 Å². The summed E-state index contributed by atoms with van der Waals surface area (Å²) in [6.07, 6.45) is -4.96. The fourth-order valence-corrected chi connectivity index (χ4v) is 1.61. The van der Waals surface area contributed by atoms with E-state index in [4.69, 9.17) is 9.47 Å². The number of methoxy groups -OCH3 is 1. The molecule has 0 saturated heterocycles. The number of hydrogen-bond donors (Lipinski definition) is 1. The summed E-state index contributed by atoms with van der Waals surface area (Å²) >= 11 is 0. The van der Waals surface area contributed by atoms with Gasteiger partial charge in [-0.25, -0.2) is 0 Å². The monoisotopic (exact) mass is 291 g/mol. The molecule has 0 atom stereocenters. The first kappa shape index (κ1) is 16.8. The Morgan fingerprint density at radius 2 is 2.00 bits per heavy atom. The molecule has 0 unspecified atom stereocenters. The second-order valence-electron chi connectivity index (χ2n) is 4.38. The van der Waals surface area contributed by atoms with Crippen molar-refractivity contribution in [1.29, 1.82) is 0 Å². The largest absolute Gasteiger partial charge is 0.494 e. The van der Waals surface area contributed by atoms with E-state index in [2.05, 4.69) is 5.32 Å². The molecule has 0 spiro atoms. The van der Waals surface area contributed by atoms with E-state index in [0.29, 0.717) is 18.9 Å². The lowest BCUT2D eigenvalue weighted by Gasteiger charge is -2.10. The zero-order chi connectivity index (χ0) is 14.8. The molecular weight excluding hydrogens is 271 g/mol. The minimum absolute atomic E-state index is 0.0280. The van der Waals surface area contributed by atoms with E-state index in [1.54, 1.807) is 13.2 Å². The molecule has 0 amide bonds. The third kappa shape index (κ3) is 8.01. The molecule has 1 aromatic carbocycles. The Morgan fingerprint density at radius 1 is 1.20 bits per heavy atom. The van der Waals surface area contributed by atoms with E-state index < -0.39 is 12.6 Å². The van der Waals surface area contributed by atoms with Gasteiger partial charge in [-0.05, 0) is 24.1 Å². The van der Waals surface area contributed by atoms with Gasteiger partial charge in [0.05, 0.1) is 13.2 Å². The number of benzene rings is 1. The van der Waals surface area contributed by atoms with Gasteiger partial charge in [0.15, 0.2) is 0 Å². The number of halogens is 3. The molecule has 0 bridgehead atoms. The molecule has 0 radical (unpaired) electrons. The van der Waals surface area contributed by atoms with Crippen LogP contribution in [0.15, 0.2) is 24.3 Å². The van der Waals surface area contributed by atoms with Gasteiger partial charge < -0.3 is 14.8 Å². The van der Waals surface area contributed by atoms with Crippen molar-refractivity contribution in [3.63, 3.8) is 0 Å². The molecule has 0 fully saturated rings. The van der Waals surface area contributed by atoms with Crippen LogP contribution < -0.4 is 10.1 Å². The SMILES string of the molecule is COCCNCc1cccc(OCCCC(F)(F)F)c1. The Hall–Kier alpha value is -1.27. The van der Waals surface area contributed by atoms with Crippen molar-refractivity contribution >= 4 is 0 Å². The Morgan fingerprint density at radius 3 is 2.70 bits per heavy atom. The predicted octanol–water partition coefficient (Wildman–Crippen LogP) is 3.14. The second kappa shape index (κ2) is 8.81. The van der Waals surface area contributed by atoms with Crippen LogP contribution in [0.2, 0.25) is 0 Å². The lowest BCUT2D eigenvalue weighted by molar-refractivity contribution is -0.136. The summed E-state index contributed by atoms with van der Waals surface area (Å²) in [5, 5.41) is 3.19. The molecular formula is C14H20F3NO2. The zero-order valence-corrected chi connectivity index (χ0v) is 11.5. The van der Waals surface area contributed by atoms with Crippen LogP contribution >= 0.6 is 0 Å². The highest BCUT2D eigenvalue weighted by Crippen LogP contribution is 2.21. The maximum atomic E-state index is 12.0. The highest BCUT2D eigenvalue weighted by molar-refractivity contribution is 5.28. The molecule has 6 heteroatoms. The lowest BCUT2D eigenvalue weighted by Crippen LogP contribution is -2.18. The molecule has 0 saturated carbocycles. The van der Waals surface area contributed by atoms with Crippen molar-refractivity contribution < 1.29 is 22.6 Å². The zero-order valence-electron chi connectivity index (χ0n) is 11.5. The van der Waals surface area contributed by atoms with E-state index in [0.717, 1.165) is 12.1 Å². The van der Waals surface area contributed by atoms with Crippen LogP contribution in [0.3, 0.4) is 0 Å². The van der Waals surface area contributed by atoms with E-state index in [-0.39, 0.29) is 13.0 Å². The first-order valence-corrected chi connectivity index (χ1v) is 6.49. The summed E-state index contributed by atoms with van der Waals surface area (Å²) in [6, 6.07) is 7.33. The van der Waals surface area contributed by atoms with Gasteiger partial charge in [0.25, 0.3) is 0 Å². The average Bonchev–Trinajstić information content (AvgIpc) is 2.39. The highest BCUT2D eigenvalue weighted by Gasteiger charge is 2.26. The quantitative estimate of drug-likeness (QED) is 0.709. The Kier molecular flexibility index (Phi) is 7.40. The minimum atomic E-state index is -4.11. The van der Waals surface area contributed by atoms with Gasteiger partial charge in [-0.15, -0.1) is 0 Å². The van der Waals surface area contributed by atoms with Crippen molar-refractivity contribution in [2.45, 2.75) is 25.6 Å². The molecule has 3 nitrogen and oxygen atoms in total. The van der Waals surface area contributed by atoms with Crippen LogP contribution in [-0.4, -0.2) is 33.0 Å². The normalized spacial score (nSPS) is 11.6. The fourth-order valence-electron chi connectivity index (χ4n) is 1.61. The van der Waals surface area contributed by atoms with Crippen molar-refractivity contribution in [2.75, 3.05) is 26.9 Å².